The fourth-order valence-corrected chi connectivity index (χ4v) is 4.27. The number of hydrogen-bond acceptors (Lipinski definition) is 6. The van der Waals surface area contributed by atoms with E-state index in [0.717, 1.165) is 6.26 Å². The largest absolute Gasteiger partial charge is 0.491 e. The number of anilines is 1. The molecule has 1 aromatic carbocycles. The Hall–Kier alpha value is -2.05. The van der Waals surface area contributed by atoms with Crippen molar-refractivity contribution in [1.82, 2.24) is 9.80 Å². The van der Waals surface area contributed by atoms with Crippen molar-refractivity contribution in [2.75, 3.05) is 51.4 Å². The predicted molar refractivity (Wildman–Crippen MR) is 119 cm³/mol. The van der Waals surface area contributed by atoms with Crippen LogP contribution < -0.4 is 9.46 Å². The number of nitrogens with zero attached hydrogens (tertiary/aromatic N) is 2. The number of likely N-dealkylation sites (N-methyl/N-ethyl adjacent to an activating group) is 1. The SMILES string of the molecule is CO[C@H]1CN(C)C(=O)c2cc(NS(C)(=O)=O)ccc2OC[C@@H](C)N(CCC(F)(F)F)C[C@@H]1C. The highest BCUT2D eigenvalue weighted by molar-refractivity contribution is 7.92. The lowest BCUT2D eigenvalue weighted by Crippen LogP contribution is -2.47. The second-order valence-electron chi connectivity index (χ2n) is 8.54. The molecule has 188 valence electrons. The van der Waals surface area contributed by atoms with Gasteiger partial charge in [-0.2, -0.15) is 13.2 Å². The van der Waals surface area contributed by atoms with Crippen LogP contribution in [0.15, 0.2) is 18.2 Å². The van der Waals surface area contributed by atoms with Gasteiger partial charge in [0.05, 0.1) is 24.3 Å². The van der Waals surface area contributed by atoms with Gasteiger partial charge in [-0.3, -0.25) is 14.4 Å². The smallest absolute Gasteiger partial charge is 0.390 e. The van der Waals surface area contributed by atoms with Crippen molar-refractivity contribution in [3.63, 3.8) is 0 Å². The molecule has 12 heteroatoms. The highest BCUT2D eigenvalue weighted by Gasteiger charge is 2.32. The Bertz CT molecular complexity index is 926. The zero-order valence-corrected chi connectivity index (χ0v) is 20.3. The van der Waals surface area contributed by atoms with Gasteiger partial charge < -0.3 is 14.4 Å². The molecule has 3 atom stereocenters. The van der Waals surface area contributed by atoms with E-state index in [1.165, 1.54) is 30.2 Å². The summed E-state index contributed by atoms with van der Waals surface area (Å²) >= 11 is 0. The van der Waals surface area contributed by atoms with E-state index in [9.17, 15) is 26.4 Å². The van der Waals surface area contributed by atoms with Gasteiger partial charge in [-0.05, 0) is 31.0 Å². The van der Waals surface area contributed by atoms with E-state index in [1.54, 1.807) is 18.9 Å². The van der Waals surface area contributed by atoms with E-state index in [1.807, 2.05) is 6.92 Å². The minimum atomic E-state index is -4.28. The number of carbonyl (C=O) groups is 1. The number of nitrogens with one attached hydrogen (secondary N) is 1. The van der Waals surface area contributed by atoms with Crippen molar-refractivity contribution >= 4 is 21.6 Å². The number of carbonyl (C=O) groups excluding carboxylic acids is 1. The highest BCUT2D eigenvalue weighted by atomic mass is 32.2. The summed E-state index contributed by atoms with van der Waals surface area (Å²) in [5, 5.41) is 0. The summed E-state index contributed by atoms with van der Waals surface area (Å²) in [5.74, 6) is -0.340. The average molecular weight is 496 g/mol. The molecule has 0 spiro atoms. The Labute approximate surface area is 193 Å². The molecular formula is C21H32F3N3O5S. The van der Waals surface area contributed by atoms with Gasteiger partial charge in [0, 0.05) is 45.5 Å². The van der Waals surface area contributed by atoms with Gasteiger partial charge in [0.1, 0.15) is 12.4 Å². The molecule has 0 radical (unpaired) electrons. The number of methoxy groups -OCH3 is 1. The number of sulfonamides is 1. The van der Waals surface area contributed by atoms with E-state index in [0.29, 0.717) is 6.54 Å². The fraction of sp³-hybridized carbons (Fsp3) is 0.667. The molecule has 0 bridgehead atoms. The maximum absolute atomic E-state index is 13.2. The highest BCUT2D eigenvalue weighted by Crippen LogP contribution is 2.27. The lowest BCUT2D eigenvalue weighted by Gasteiger charge is -2.36. The van der Waals surface area contributed by atoms with Gasteiger partial charge in [0.2, 0.25) is 10.0 Å². The van der Waals surface area contributed by atoms with Gasteiger partial charge in [-0.1, -0.05) is 6.92 Å². The van der Waals surface area contributed by atoms with Gasteiger partial charge in [-0.25, -0.2) is 8.42 Å². The molecule has 1 N–H and O–H groups in total. The zero-order valence-electron chi connectivity index (χ0n) is 19.5. The normalized spacial score (nSPS) is 23.8. The molecule has 1 heterocycles. The third-order valence-corrected chi connectivity index (χ3v) is 6.17. The number of ether oxygens (including phenoxy) is 2. The van der Waals surface area contributed by atoms with Crippen LogP contribution in [-0.4, -0.2) is 89.1 Å². The lowest BCUT2D eigenvalue weighted by atomic mass is 10.0. The van der Waals surface area contributed by atoms with Crippen molar-refractivity contribution in [2.45, 2.75) is 38.6 Å². The number of halogens is 3. The van der Waals surface area contributed by atoms with Crippen LogP contribution in [0.3, 0.4) is 0 Å². The molecule has 33 heavy (non-hydrogen) atoms. The number of fused-ring (bicyclic) bond motifs is 1. The molecule has 2 rings (SSSR count). The number of amides is 1. The third kappa shape index (κ3) is 8.35. The summed E-state index contributed by atoms with van der Waals surface area (Å²) < 4.78 is 75.7. The maximum Gasteiger partial charge on any atom is 0.390 e. The lowest BCUT2D eigenvalue weighted by molar-refractivity contribution is -0.140. The summed E-state index contributed by atoms with van der Waals surface area (Å²) in [7, 11) is -0.483. The van der Waals surface area contributed by atoms with Crippen LogP contribution in [0.4, 0.5) is 18.9 Å². The Balaban J connectivity index is 2.42. The topological polar surface area (TPSA) is 88.2 Å². The predicted octanol–water partition coefficient (Wildman–Crippen LogP) is 2.82. The molecule has 1 aromatic rings. The first kappa shape index (κ1) is 27.2. The second kappa shape index (κ2) is 10.9. The Kier molecular flexibility index (Phi) is 9.00. The average Bonchev–Trinajstić information content (AvgIpc) is 2.70. The number of rotatable bonds is 5. The fourth-order valence-electron chi connectivity index (χ4n) is 3.71. The van der Waals surface area contributed by atoms with Crippen LogP contribution in [0.5, 0.6) is 5.75 Å². The molecule has 0 fully saturated rings. The molecule has 1 amide bonds. The van der Waals surface area contributed by atoms with Gasteiger partial charge in [0.15, 0.2) is 0 Å². The van der Waals surface area contributed by atoms with Gasteiger partial charge >= 0.3 is 6.18 Å². The van der Waals surface area contributed by atoms with Crippen LogP contribution in [0.1, 0.15) is 30.6 Å². The molecule has 8 nitrogen and oxygen atoms in total. The standard InChI is InChI=1S/C21H32F3N3O5S/c1-14-11-27(9-8-21(22,23)24)15(2)13-32-18-7-6-16(25-33(5,29)30)10-17(18)20(28)26(3)12-19(14)31-4/h6-7,10,14-15,19,25H,8-9,11-13H2,1-5H3/t14-,15+,19-/m0/s1. The van der Waals surface area contributed by atoms with E-state index in [2.05, 4.69) is 4.72 Å². The molecule has 0 saturated carbocycles. The summed E-state index contributed by atoms with van der Waals surface area (Å²) in [6.07, 6.45) is -4.65. The minimum absolute atomic E-state index is 0.0467. The molecule has 1 aliphatic rings. The van der Waals surface area contributed by atoms with Gasteiger partial charge in [-0.15, -0.1) is 0 Å². The van der Waals surface area contributed by atoms with E-state index in [4.69, 9.17) is 9.47 Å². The first-order chi connectivity index (χ1) is 15.2. The summed E-state index contributed by atoms with van der Waals surface area (Å²) in [6.45, 7) is 4.03. The maximum atomic E-state index is 13.2. The Morgan fingerprint density at radius 2 is 1.91 bits per heavy atom. The molecule has 0 saturated heterocycles. The van der Waals surface area contributed by atoms with Crippen LogP contribution >= 0.6 is 0 Å². The van der Waals surface area contributed by atoms with Crippen LogP contribution in [0, 0.1) is 5.92 Å². The quantitative estimate of drug-likeness (QED) is 0.676. The second-order valence-corrected chi connectivity index (χ2v) is 10.3. The van der Waals surface area contributed by atoms with Crippen molar-refractivity contribution in [3.8, 4) is 5.75 Å². The number of benzene rings is 1. The molecular weight excluding hydrogens is 463 g/mol. The first-order valence-corrected chi connectivity index (χ1v) is 12.4. The van der Waals surface area contributed by atoms with Crippen molar-refractivity contribution in [2.24, 2.45) is 5.92 Å². The van der Waals surface area contributed by atoms with E-state index in [-0.39, 0.29) is 48.7 Å². The summed E-state index contributed by atoms with van der Waals surface area (Å²) in [5.41, 5.74) is 0.341. The van der Waals surface area contributed by atoms with Crippen LogP contribution in [0.2, 0.25) is 0 Å². The Morgan fingerprint density at radius 3 is 2.48 bits per heavy atom. The first-order valence-electron chi connectivity index (χ1n) is 10.5. The van der Waals surface area contributed by atoms with Crippen molar-refractivity contribution in [3.05, 3.63) is 23.8 Å². The van der Waals surface area contributed by atoms with Crippen molar-refractivity contribution < 1.29 is 35.9 Å². The monoisotopic (exact) mass is 495 g/mol. The Morgan fingerprint density at radius 1 is 1.24 bits per heavy atom. The third-order valence-electron chi connectivity index (χ3n) is 5.56. The zero-order chi connectivity index (χ0) is 25.0. The van der Waals surface area contributed by atoms with Crippen LogP contribution in [-0.2, 0) is 14.8 Å². The van der Waals surface area contributed by atoms with Gasteiger partial charge in [0.25, 0.3) is 5.91 Å². The molecule has 0 unspecified atom stereocenters. The molecule has 1 aliphatic heterocycles. The molecule has 0 aliphatic carbocycles. The minimum Gasteiger partial charge on any atom is -0.491 e. The van der Waals surface area contributed by atoms with Crippen LogP contribution in [0.25, 0.3) is 0 Å². The number of hydrogen-bond donors (Lipinski definition) is 1. The number of alkyl halides is 3. The molecule has 0 aromatic heterocycles. The summed E-state index contributed by atoms with van der Waals surface area (Å²) in [6, 6.07) is 3.95. The van der Waals surface area contributed by atoms with E-state index < -0.39 is 34.6 Å². The summed E-state index contributed by atoms with van der Waals surface area (Å²) in [4.78, 5) is 16.3. The van der Waals surface area contributed by atoms with E-state index >= 15 is 0 Å². The van der Waals surface area contributed by atoms with Crippen molar-refractivity contribution in [1.29, 1.82) is 0 Å².